The van der Waals surface area contributed by atoms with Gasteiger partial charge in [0.15, 0.2) is 0 Å². The van der Waals surface area contributed by atoms with Crippen molar-refractivity contribution < 1.29 is 19.1 Å². The number of hydrogen-bond acceptors (Lipinski definition) is 4. The van der Waals surface area contributed by atoms with Crippen molar-refractivity contribution >= 4 is 17.9 Å². The van der Waals surface area contributed by atoms with Crippen LogP contribution in [-0.4, -0.2) is 54.1 Å². The number of carbonyl (C=O) groups excluding carboxylic acids is 3. The Labute approximate surface area is 173 Å². The van der Waals surface area contributed by atoms with Gasteiger partial charge in [-0.2, -0.15) is 0 Å². The maximum Gasteiger partial charge on any atom is 0.408 e. The summed E-state index contributed by atoms with van der Waals surface area (Å²) in [5.41, 5.74) is 0. The van der Waals surface area contributed by atoms with Crippen molar-refractivity contribution in [1.29, 1.82) is 0 Å². The molecule has 2 saturated carbocycles. The van der Waals surface area contributed by atoms with E-state index in [9.17, 15) is 14.4 Å². The van der Waals surface area contributed by atoms with Gasteiger partial charge in [0.05, 0.1) is 0 Å². The third-order valence-electron chi connectivity index (χ3n) is 6.50. The van der Waals surface area contributed by atoms with Crippen molar-refractivity contribution in [2.75, 3.05) is 13.1 Å². The molecule has 2 aliphatic carbocycles. The van der Waals surface area contributed by atoms with E-state index in [4.69, 9.17) is 4.74 Å². The number of ether oxygens (including phenoxy) is 1. The lowest BCUT2D eigenvalue weighted by Gasteiger charge is -2.34. The molecule has 3 amide bonds. The summed E-state index contributed by atoms with van der Waals surface area (Å²) in [7, 11) is 0. The average molecular weight is 406 g/mol. The highest BCUT2D eigenvalue weighted by Crippen LogP contribution is 2.30. The first-order valence-corrected chi connectivity index (χ1v) is 11.3. The molecule has 0 aromatic heterocycles. The molecule has 1 heterocycles. The Morgan fingerprint density at radius 3 is 2.38 bits per heavy atom. The van der Waals surface area contributed by atoms with E-state index in [0.29, 0.717) is 19.5 Å². The number of nitrogens with one attached hydrogen (secondary N) is 2. The summed E-state index contributed by atoms with van der Waals surface area (Å²) in [6, 6.07) is -1.08. The molecule has 1 aliphatic heterocycles. The number of rotatable bonds is 7. The molecule has 29 heavy (non-hydrogen) atoms. The van der Waals surface area contributed by atoms with E-state index in [1.807, 2.05) is 0 Å². The van der Waals surface area contributed by atoms with Crippen LogP contribution >= 0.6 is 0 Å². The Balaban J connectivity index is 1.68. The lowest BCUT2D eigenvalue weighted by atomic mass is 9.83. The van der Waals surface area contributed by atoms with Gasteiger partial charge in [-0.05, 0) is 57.3 Å². The monoisotopic (exact) mass is 405 g/mol. The second kappa shape index (κ2) is 10.6. The second-order valence-electron chi connectivity index (χ2n) is 8.56. The largest absolute Gasteiger partial charge is 0.446 e. The Kier molecular flexibility index (Phi) is 7.95. The van der Waals surface area contributed by atoms with Gasteiger partial charge in [-0.1, -0.05) is 25.3 Å². The van der Waals surface area contributed by atoms with Gasteiger partial charge in [-0.15, -0.1) is 6.58 Å². The van der Waals surface area contributed by atoms with Crippen LogP contribution in [0.3, 0.4) is 0 Å². The molecule has 7 nitrogen and oxygen atoms in total. The minimum atomic E-state index is -0.614. The lowest BCUT2D eigenvalue weighted by Crippen LogP contribution is -2.56. The topological polar surface area (TPSA) is 87.7 Å². The van der Waals surface area contributed by atoms with Gasteiger partial charge in [-0.3, -0.25) is 9.59 Å². The van der Waals surface area contributed by atoms with Gasteiger partial charge in [0.1, 0.15) is 18.2 Å². The van der Waals surface area contributed by atoms with Crippen LogP contribution in [0.15, 0.2) is 12.7 Å². The average Bonchev–Trinajstić information content (AvgIpc) is 3.42. The molecular weight excluding hydrogens is 370 g/mol. The number of hydrogen-bond donors (Lipinski definition) is 2. The molecule has 7 heteroatoms. The summed E-state index contributed by atoms with van der Waals surface area (Å²) in [5.74, 6) is -0.187. The quantitative estimate of drug-likeness (QED) is 0.638. The Morgan fingerprint density at radius 2 is 1.69 bits per heavy atom. The van der Waals surface area contributed by atoms with Crippen LogP contribution in [0.5, 0.6) is 0 Å². The molecule has 2 N–H and O–H groups in total. The number of likely N-dealkylation sites (tertiary alicyclic amines) is 1. The van der Waals surface area contributed by atoms with Crippen molar-refractivity contribution in [2.45, 2.75) is 88.8 Å². The molecule has 1 saturated heterocycles. The van der Waals surface area contributed by atoms with Crippen molar-refractivity contribution in [3.8, 4) is 0 Å². The third kappa shape index (κ3) is 5.73. The highest BCUT2D eigenvalue weighted by atomic mass is 16.6. The molecule has 0 spiro atoms. The number of nitrogens with zero attached hydrogens (tertiary/aromatic N) is 1. The van der Waals surface area contributed by atoms with Gasteiger partial charge in [-0.25, -0.2) is 4.79 Å². The fourth-order valence-electron chi connectivity index (χ4n) is 4.94. The van der Waals surface area contributed by atoms with Crippen LogP contribution in [0.2, 0.25) is 0 Å². The van der Waals surface area contributed by atoms with E-state index in [-0.39, 0.29) is 23.8 Å². The summed E-state index contributed by atoms with van der Waals surface area (Å²) in [4.78, 5) is 40.2. The Bertz CT molecular complexity index is 597. The summed E-state index contributed by atoms with van der Waals surface area (Å²) >= 11 is 0. The van der Waals surface area contributed by atoms with Crippen LogP contribution in [0.4, 0.5) is 4.79 Å². The van der Waals surface area contributed by atoms with E-state index < -0.39 is 18.2 Å². The fourth-order valence-corrected chi connectivity index (χ4v) is 4.94. The Hall–Kier alpha value is -2.05. The maximum absolute atomic E-state index is 13.5. The van der Waals surface area contributed by atoms with E-state index in [2.05, 4.69) is 17.2 Å². The molecule has 162 valence electrons. The minimum Gasteiger partial charge on any atom is -0.446 e. The lowest BCUT2D eigenvalue weighted by molar-refractivity contribution is -0.141. The molecule has 2 atom stereocenters. The van der Waals surface area contributed by atoms with Crippen LogP contribution in [0.25, 0.3) is 0 Å². The Morgan fingerprint density at radius 1 is 1.00 bits per heavy atom. The predicted molar refractivity (Wildman–Crippen MR) is 110 cm³/mol. The summed E-state index contributed by atoms with van der Waals surface area (Å²) < 4.78 is 5.56. The normalized spacial score (nSPS) is 24.1. The smallest absolute Gasteiger partial charge is 0.408 e. The van der Waals surface area contributed by atoms with Gasteiger partial charge in [0, 0.05) is 13.1 Å². The van der Waals surface area contributed by atoms with Gasteiger partial charge >= 0.3 is 6.09 Å². The first-order chi connectivity index (χ1) is 14.1. The molecule has 3 fully saturated rings. The minimum absolute atomic E-state index is 0.0404. The van der Waals surface area contributed by atoms with Crippen LogP contribution in [0.1, 0.15) is 70.6 Å². The SMILES string of the molecule is C=CCNC(=O)C1CCCN1C(=O)C(NC(=O)OC1CCCC1)C1CCCCC1. The van der Waals surface area contributed by atoms with E-state index in [1.54, 1.807) is 11.0 Å². The molecule has 3 aliphatic rings. The molecule has 0 aromatic rings. The van der Waals surface area contributed by atoms with Crippen molar-refractivity contribution in [1.82, 2.24) is 15.5 Å². The summed E-state index contributed by atoms with van der Waals surface area (Å²) in [6.45, 7) is 4.55. The predicted octanol–water partition coefficient (Wildman–Crippen LogP) is 2.90. The first kappa shape index (κ1) is 21.7. The van der Waals surface area contributed by atoms with Gasteiger partial charge in [0.2, 0.25) is 11.8 Å². The van der Waals surface area contributed by atoms with Gasteiger partial charge < -0.3 is 20.3 Å². The molecule has 0 aromatic carbocycles. The van der Waals surface area contributed by atoms with Crippen molar-refractivity contribution in [3.05, 3.63) is 12.7 Å². The molecule has 0 radical (unpaired) electrons. The van der Waals surface area contributed by atoms with E-state index in [0.717, 1.165) is 57.8 Å². The van der Waals surface area contributed by atoms with Crippen LogP contribution in [0, 0.1) is 5.92 Å². The molecule has 3 rings (SSSR count). The third-order valence-corrected chi connectivity index (χ3v) is 6.50. The van der Waals surface area contributed by atoms with E-state index >= 15 is 0 Å². The zero-order chi connectivity index (χ0) is 20.6. The van der Waals surface area contributed by atoms with Crippen molar-refractivity contribution in [3.63, 3.8) is 0 Å². The highest BCUT2D eigenvalue weighted by Gasteiger charge is 2.41. The standard InChI is InChI=1S/C22H35N3O4/c1-2-14-23-20(26)18-13-8-15-25(18)21(27)19(16-9-4-3-5-10-16)24-22(28)29-17-11-6-7-12-17/h2,16-19H,1,3-15H2,(H,23,26)(H,24,28). The molecule has 2 unspecified atom stereocenters. The number of carbonyl (C=O) groups is 3. The fraction of sp³-hybridized carbons (Fsp3) is 0.773. The van der Waals surface area contributed by atoms with E-state index in [1.165, 1.54) is 6.42 Å². The molecular formula is C22H35N3O4. The summed E-state index contributed by atoms with van der Waals surface area (Å²) in [5, 5.41) is 5.70. The maximum atomic E-state index is 13.5. The van der Waals surface area contributed by atoms with Crippen LogP contribution in [-0.2, 0) is 14.3 Å². The van der Waals surface area contributed by atoms with Gasteiger partial charge in [0.25, 0.3) is 0 Å². The summed E-state index contributed by atoms with van der Waals surface area (Å²) in [6.07, 6.45) is 11.6. The highest BCUT2D eigenvalue weighted by molar-refractivity contribution is 5.92. The number of amides is 3. The zero-order valence-electron chi connectivity index (χ0n) is 17.4. The number of alkyl carbamates (subject to hydrolysis) is 1. The molecule has 0 bridgehead atoms. The van der Waals surface area contributed by atoms with Crippen LogP contribution < -0.4 is 10.6 Å². The first-order valence-electron chi connectivity index (χ1n) is 11.3. The van der Waals surface area contributed by atoms with Crippen molar-refractivity contribution in [2.24, 2.45) is 5.92 Å². The second-order valence-corrected chi connectivity index (χ2v) is 8.56. The zero-order valence-corrected chi connectivity index (χ0v) is 17.4.